The lowest BCUT2D eigenvalue weighted by Crippen LogP contribution is -2.49. The third-order valence-electron chi connectivity index (χ3n) is 5.47. The number of carbonyl (C=O) groups excluding carboxylic acids is 1. The Kier molecular flexibility index (Phi) is 5.27. The predicted molar refractivity (Wildman–Crippen MR) is 116 cm³/mol. The quantitative estimate of drug-likeness (QED) is 0.780. The molecule has 28 heavy (non-hydrogen) atoms. The van der Waals surface area contributed by atoms with Gasteiger partial charge in [0.1, 0.15) is 0 Å². The molecule has 0 aliphatic carbocycles. The van der Waals surface area contributed by atoms with Crippen molar-refractivity contribution in [3.63, 3.8) is 0 Å². The fourth-order valence-corrected chi connectivity index (χ4v) is 3.96. The molecular weight excluding hydrogens is 372 g/mol. The molecule has 1 fully saturated rings. The lowest BCUT2D eigenvalue weighted by molar-refractivity contribution is 0.0747. The number of hydrogen-bond acceptors (Lipinski definition) is 4. The number of anilines is 2. The lowest BCUT2D eigenvalue weighted by Gasteiger charge is -2.37. The van der Waals surface area contributed by atoms with Crippen LogP contribution in [0.5, 0.6) is 0 Å². The van der Waals surface area contributed by atoms with E-state index in [2.05, 4.69) is 16.9 Å². The first-order chi connectivity index (χ1) is 13.5. The summed E-state index contributed by atoms with van der Waals surface area (Å²) in [6, 6.07) is 13.8. The number of nitrogens with zero attached hydrogens (tertiary/aromatic N) is 4. The summed E-state index contributed by atoms with van der Waals surface area (Å²) < 4.78 is 0. The van der Waals surface area contributed by atoms with E-state index >= 15 is 0 Å². The second-order valence-electron chi connectivity index (χ2n) is 7.47. The smallest absolute Gasteiger partial charge is 0.253 e. The number of halogens is 1. The van der Waals surface area contributed by atoms with Gasteiger partial charge in [0.05, 0.1) is 5.69 Å². The van der Waals surface area contributed by atoms with Crippen LogP contribution >= 0.6 is 11.6 Å². The zero-order valence-corrected chi connectivity index (χ0v) is 17.1. The molecule has 1 amide bonds. The molecule has 0 spiro atoms. The zero-order valence-electron chi connectivity index (χ0n) is 16.4. The van der Waals surface area contributed by atoms with Gasteiger partial charge >= 0.3 is 0 Å². The summed E-state index contributed by atoms with van der Waals surface area (Å²) in [6.07, 6.45) is 0.997. The van der Waals surface area contributed by atoms with Gasteiger partial charge in [-0.05, 0) is 55.8 Å². The van der Waals surface area contributed by atoms with E-state index in [1.54, 1.807) is 0 Å². The summed E-state index contributed by atoms with van der Waals surface area (Å²) in [5.74, 6) is 0.0927. The van der Waals surface area contributed by atoms with Gasteiger partial charge in [-0.2, -0.15) is 5.10 Å². The summed E-state index contributed by atoms with van der Waals surface area (Å²) in [5, 5.41) is 7.26. The van der Waals surface area contributed by atoms with Crippen LogP contribution < -0.4 is 9.91 Å². The van der Waals surface area contributed by atoms with Crippen molar-refractivity contribution in [2.75, 3.05) is 42.6 Å². The van der Waals surface area contributed by atoms with Gasteiger partial charge in [-0.1, -0.05) is 17.7 Å². The van der Waals surface area contributed by atoms with Crippen molar-refractivity contribution in [3.8, 4) is 0 Å². The monoisotopic (exact) mass is 396 g/mol. The van der Waals surface area contributed by atoms with Gasteiger partial charge in [-0.25, -0.2) is 0 Å². The Morgan fingerprint density at radius 3 is 2.32 bits per heavy atom. The molecule has 2 aliphatic heterocycles. The summed E-state index contributed by atoms with van der Waals surface area (Å²) >= 11 is 6.16. The van der Waals surface area contributed by atoms with E-state index < -0.39 is 0 Å². The minimum absolute atomic E-state index is 0.0927. The van der Waals surface area contributed by atoms with Crippen molar-refractivity contribution in [2.45, 2.75) is 20.3 Å². The van der Waals surface area contributed by atoms with E-state index in [0.717, 1.165) is 53.7 Å². The standard InChI is InChI=1S/C22H25ClN4O/c1-16-3-6-19(23)15-21(16)25-11-13-26(14-12-25)22(28)18-4-7-20(8-5-18)27-10-9-17(2)24-27/h3-8,15H,9-14H2,1-2H3. The number of amides is 1. The molecule has 2 aromatic carbocycles. The molecule has 2 aliphatic rings. The largest absolute Gasteiger partial charge is 0.368 e. The number of hydrogen-bond donors (Lipinski definition) is 0. The van der Waals surface area contributed by atoms with Crippen molar-refractivity contribution in [3.05, 3.63) is 58.6 Å². The summed E-state index contributed by atoms with van der Waals surface area (Å²) in [6.45, 7) is 8.09. The van der Waals surface area contributed by atoms with Crippen LogP contribution in [0.3, 0.4) is 0 Å². The third kappa shape index (κ3) is 3.85. The molecule has 0 aromatic heterocycles. The zero-order chi connectivity index (χ0) is 19.7. The highest BCUT2D eigenvalue weighted by molar-refractivity contribution is 6.30. The maximum absolute atomic E-state index is 12.9. The van der Waals surface area contributed by atoms with Gasteiger partial charge in [0.25, 0.3) is 5.91 Å². The molecule has 0 saturated carbocycles. The highest BCUT2D eigenvalue weighted by atomic mass is 35.5. The van der Waals surface area contributed by atoms with E-state index in [9.17, 15) is 4.79 Å². The van der Waals surface area contributed by atoms with E-state index in [-0.39, 0.29) is 5.91 Å². The molecular formula is C22H25ClN4O. The normalized spacial score (nSPS) is 17.1. The second-order valence-corrected chi connectivity index (χ2v) is 7.90. The van der Waals surface area contributed by atoms with E-state index in [4.69, 9.17) is 11.6 Å². The lowest BCUT2D eigenvalue weighted by atomic mass is 10.1. The first-order valence-corrected chi connectivity index (χ1v) is 10.1. The molecule has 6 heteroatoms. The van der Waals surface area contributed by atoms with E-state index in [1.807, 2.05) is 59.3 Å². The Hall–Kier alpha value is -2.53. The molecule has 0 bridgehead atoms. The van der Waals surface area contributed by atoms with Crippen LogP contribution in [-0.2, 0) is 0 Å². The van der Waals surface area contributed by atoms with Gasteiger partial charge in [-0.15, -0.1) is 0 Å². The first-order valence-electron chi connectivity index (χ1n) is 9.73. The fraction of sp³-hybridized carbons (Fsp3) is 0.364. The Morgan fingerprint density at radius 2 is 1.68 bits per heavy atom. The van der Waals surface area contributed by atoms with E-state index in [1.165, 1.54) is 5.56 Å². The average molecular weight is 397 g/mol. The number of carbonyl (C=O) groups is 1. The summed E-state index contributed by atoms with van der Waals surface area (Å²) in [5.41, 5.74) is 5.28. The SMILES string of the molecule is CC1=NN(c2ccc(C(=O)N3CCN(c4cc(Cl)ccc4C)CC3)cc2)CC1. The van der Waals surface area contributed by atoms with Gasteiger partial charge in [0.15, 0.2) is 0 Å². The average Bonchev–Trinajstić information content (AvgIpc) is 3.16. The van der Waals surface area contributed by atoms with Crippen LogP contribution in [0.4, 0.5) is 11.4 Å². The number of aryl methyl sites for hydroxylation is 1. The van der Waals surface area contributed by atoms with Crippen LogP contribution in [-0.4, -0.2) is 49.2 Å². The topological polar surface area (TPSA) is 39.2 Å². The number of hydrazone groups is 1. The predicted octanol–water partition coefficient (Wildman–Crippen LogP) is 4.20. The van der Waals surface area contributed by atoms with Crippen molar-refractivity contribution in [1.82, 2.24) is 4.90 Å². The molecule has 2 heterocycles. The van der Waals surface area contributed by atoms with Gasteiger partial charge in [0, 0.05) is 61.1 Å². The van der Waals surface area contributed by atoms with Crippen molar-refractivity contribution in [1.29, 1.82) is 0 Å². The third-order valence-corrected chi connectivity index (χ3v) is 5.70. The fourth-order valence-electron chi connectivity index (χ4n) is 3.79. The summed E-state index contributed by atoms with van der Waals surface area (Å²) in [4.78, 5) is 17.1. The highest BCUT2D eigenvalue weighted by Crippen LogP contribution is 2.26. The Morgan fingerprint density at radius 1 is 0.964 bits per heavy atom. The van der Waals surface area contributed by atoms with Crippen LogP contribution in [0.15, 0.2) is 47.6 Å². The van der Waals surface area contributed by atoms with Gasteiger partial charge in [-0.3, -0.25) is 9.80 Å². The molecule has 0 N–H and O–H groups in total. The molecule has 0 unspecified atom stereocenters. The Balaban J connectivity index is 1.39. The Labute approximate surface area is 171 Å². The van der Waals surface area contributed by atoms with E-state index in [0.29, 0.717) is 13.1 Å². The van der Waals surface area contributed by atoms with Gasteiger partial charge < -0.3 is 9.80 Å². The molecule has 2 aromatic rings. The number of piperazine rings is 1. The molecule has 0 atom stereocenters. The van der Waals surface area contributed by atoms with Crippen molar-refractivity contribution < 1.29 is 4.79 Å². The Bertz CT molecular complexity index is 901. The van der Waals surface area contributed by atoms with Crippen LogP contribution in [0.1, 0.15) is 29.3 Å². The molecule has 5 nitrogen and oxygen atoms in total. The number of rotatable bonds is 3. The van der Waals surface area contributed by atoms with Crippen LogP contribution in [0, 0.1) is 6.92 Å². The molecule has 4 rings (SSSR count). The molecule has 1 saturated heterocycles. The summed E-state index contributed by atoms with van der Waals surface area (Å²) in [7, 11) is 0. The first kappa shape index (κ1) is 18.8. The number of benzene rings is 2. The second kappa shape index (κ2) is 7.84. The van der Waals surface area contributed by atoms with Crippen LogP contribution in [0.25, 0.3) is 0 Å². The molecule has 0 radical (unpaired) electrons. The minimum atomic E-state index is 0.0927. The molecule has 146 valence electrons. The maximum atomic E-state index is 12.9. The minimum Gasteiger partial charge on any atom is -0.368 e. The van der Waals surface area contributed by atoms with Gasteiger partial charge in [0.2, 0.25) is 0 Å². The van der Waals surface area contributed by atoms with Crippen LogP contribution in [0.2, 0.25) is 5.02 Å². The maximum Gasteiger partial charge on any atom is 0.253 e. The van der Waals surface area contributed by atoms with Crippen molar-refractivity contribution >= 4 is 34.6 Å². The highest BCUT2D eigenvalue weighted by Gasteiger charge is 2.23. The van der Waals surface area contributed by atoms with Crippen molar-refractivity contribution in [2.24, 2.45) is 5.10 Å².